The average molecular weight is 294 g/mol. The van der Waals surface area contributed by atoms with Crippen molar-refractivity contribution in [2.24, 2.45) is 0 Å². The molecule has 0 aromatic carbocycles. The minimum atomic E-state index is -1.06. The van der Waals surface area contributed by atoms with Gasteiger partial charge in [0.05, 0.1) is 0 Å². The zero-order valence-electron chi connectivity index (χ0n) is 12.8. The number of carbonyl (C=O) groups is 3. The molecule has 5 heteroatoms. The van der Waals surface area contributed by atoms with E-state index in [2.05, 4.69) is 0 Å². The van der Waals surface area contributed by atoms with Gasteiger partial charge in [0.2, 0.25) is 11.9 Å². The van der Waals surface area contributed by atoms with Crippen molar-refractivity contribution >= 4 is 17.7 Å². The lowest BCUT2D eigenvalue weighted by atomic mass is 10.1. The zero-order chi connectivity index (χ0) is 15.8. The summed E-state index contributed by atoms with van der Waals surface area (Å²) in [5, 5.41) is 0. The van der Waals surface area contributed by atoms with Crippen LogP contribution in [-0.2, 0) is 23.9 Å². The molecule has 0 heterocycles. The topological polar surface area (TPSA) is 69.7 Å². The van der Waals surface area contributed by atoms with E-state index in [1.54, 1.807) is 19.1 Å². The molecule has 0 aromatic rings. The second kappa shape index (κ2) is 8.39. The lowest BCUT2D eigenvalue weighted by Crippen LogP contribution is -2.36. The highest BCUT2D eigenvalue weighted by atomic mass is 16.6. The highest BCUT2D eigenvalue weighted by Gasteiger charge is 2.40. The lowest BCUT2D eigenvalue weighted by molar-refractivity contribution is -0.166. The Kier molecular flexibility index (Phi) is 6.85. The Morgan fingerprint density at radius 3 is 2.10 bits per heavy atom. The van der Waals surface area contributed by atoms with Crippen LogP contribution in [0, 0.1) is 0 Å². The van der Waals surface area contributed by atoms with Gasteiger partial charge in [0.15, 0.2) is 6.10 Å². The molecule has 0 bridgehead atoms. The molecule has 0 fully saturated rings. The average Bonchev–Trinajstić information content (AvgIpc) is 2.68. The Morgan fingerprint density at radius 2 is 1.62 bits per heavy atom. The molecule has 0 amide bonds. The maximum Gasteiger partial charge on any atom is 0.306 e. The summed E-state index contributed by atoms with van der Waals surface area (Å²) in [4.78, 5) is 35.3. The minimum Gasteiger partial charge on any atom is -0.453 e. The van der Waals surface area contributed by atoms with Crippen molar-refractivity contribution in [2.45, 2.75) is 58.7 Å². The molecule has 2 atom stereocenters. The van der Waals surface area contributed by atoms with Crippen molar-refractivity contribution in [1.82, 2.24) is 0 Å². The van der Waals surface area contributed by atoms with Crippen LogP contribution in [-0.4, -0.2) is 29.9 Å². The van der Waals surface area contributed by atoms with E-state index in [-0.39, 0.29) is 18.6 Å². The Bertz CT molecular complexity index is 461. The molecule has 0 spiro atoms. The molecule has 0 radical (unpaired) electrons. The van der Waals surface area contributed by atoms with Gasteiger partial charge in [-0.2, -0.15) is 0 Å². The van der Waals surface area contributed by atoms with Gasteiger partial charge >= 0.3 is 11.9 Å². The minimum absolute atomic E-state index is 0.234. The fraction of sp³-hybridized carbons (Fsp3) is 0.562. The van der Waals surface area contributed by atoms with Crippen LogP contribution in [0.15, 0.2) is 23.8 Å². The Labute approximate surface area is 125 Å². The summed E-state index contributed by atoms with van der Waals surface area (Å²) in [6.07, 6.45) is 4.70. The first-order valence-electron chi connectivity index (χ1n) is 7.30. The van der Waals surface area contributed by atoms with Gasteiger partial charge in [-0.15, -0.1) is 0 Å². The third-order valence-corrected chi connectivity index (χ3v) is 2.98. The van der Waals surface area contributed by atoms with Gasteiger partial charge in [0.1, 0.15) is 0 Å². The molecule has 116 valence electrons. The van der Waals surface area contributed by atoms with Gasteiger partial charge in [-0.1, -0.05) is 26.0 Å². The summed E-state index contributed by atoms with van der Waals surface area (Å²) < 4.78 is 10.5. The van der Waals surface area contributed by atoms with E-state index in [0.29, 0.717) is 18.4 Å². The van der Waals surface area contributed by atoms with Crippen LogP contribution in [0.25, 0.3) is 0 Å². The third-order valence-electron chi connectivity index (χ3n) is 2.98. The Morgan fingerprint density at radius 1 is 1.10 bits per heavy atom. The van der Waals surface area contributed by atoms with Crippen molar-refractivity contribution in [3.05, 3.63) is 23.8 Å². The summed E-state index contributed by atoms with van der Waals surface area (Å²) >= 11 is 0. The first-order chi connectivity index (χ1) is 10.0. The van der Waals surface area contributed by atoms with E-state index in [1.165, 1.54) is 6.08 Å². The zero-order valence-corrected chi connectivity index (χ0v) is 12.8. The van der Waals surface area contributed by atoms with E-state index in [1.807, 2.05) is 13.8 Å². The van der Waals surface area contributed by atoms with E-state index in [4.69, 9.17) is 9.47 Å². The number of ether oxygens (including phenoxy) is 2. The molecule has 0 aromatic heterocycles. The molecule has 2 unspecified atom stereocenters. The predicted molar refractivity (Wildman–Crippen MR) is 77.5 cm³/mol. The highest BCUT2D eigenvalue weighted by Crippen LogP contribution is 2.25. The van der Waals surface area contributed by atoms with Gasteiger partial charge < -0.3 is 9.47 Å². The van der Waals surface area contributed by atoms with Crippen molar-refractivity contribution in [2.75, 3.05) is 0 Å². The van der Waals surface area contributed by atoms with E-state index in [9.17, 15) is 14.4 Å². The molecule has 0 saturated heterocycles. The van der Waals surface area contributed by atoms with E-state index >= 15 is 0 Å². The van der Waals surface area contributed by atoms with Crippen molar-refractivity contribution in [3.63, 3.8) is 0 Å². The number of esters is 2. The number of rotatable bonds is 7. The summed E-state index contributed by atoms with van der Waals surface area (Å²) in [5.41, 5.74) is 0.557. The largest absolute Gasteiger partial charge is 0.453 e. The molecule has 5 nitrogen and oxygen atoms in total. The molecule has 0 saturated carbocycles. The highest BCUT2D eigenvalue weighted by molar-refractivity contribution is 6.00. The first-order valence-corrected chi connectivity index (χ1v) is 7.30. The van der Waals surface area contributed by atoms with Crippen molar-refractivity contribution in [3.8, 4) is 0 Å². The summed E-state index contributed by atoms with van der Waals surface area (Å²) in [6.45, 7) is 5.51. The van der Waals surface area contributed by atoms with E-state index in [0.717, 1.165) is 0 Å². The Hall–Kier alpha value is -1.91. The van der Waals surface area contributed by atoms with Gasteiger partial charge in [-0.25, -0.2) is 0 Å². The molecule has 1 aliphatic rings. The second-order valence-electron chi connectivity index (χ2n) is 4.87. The van der Waals surface area contributed by atoms with Crippen LogP contribution >= 0.6 is 0 Å². The van der Waals surface area contributed by atoms with Crippen LogP contribution in [0.1, 0.15) is 46.5 Å². The van der Waals surface area contributed by atoms with Gasteiger partial charge in [0, 0.05) is 18.4 Å². The molecule has 0 N–H and O–H groups in total. The number of carbonyl (C=O) groups excluding carboxylic acids is 3. The molecular formula is C16H22O5. The van der Waals surface area contributed by atoms with Crippen LogP contribution in [0.3, 0.4) is 0 Å². The summed E-state index contributed by atoms with van der Waals surface area (Å²) in [5.74, 6) is -1.20. The van der Waals surface area contributed by atoms with Crippen molar-refractivity contribution < 1.29 is 23.9 Å². The number of allylic oxidation sites excluding steroid dienone is 1. The Balaban J connectivity index is 2.86. The van der Waals surface area contributed by atoms with Gasteiger partial charge in [0.25, 0.3) is 0 Å². The van der Waals surface area contributed by atoms with Crippen LogP contribution < -0.4 is 0 Å². The predicted octanol–water partition coefficient (Wildman–Crippen LogP) is 2.50. The summed E-state index contributed by atoms with van der Waals surface area (Å²) in [6, 6.07) is 0. The molecular weight excluding hydrogens is 272 g/mol. The fourth-order valence-corrected chi connectivity index (χ4v) is 2.05. The smallest absolute Gasteiger partial charge is 0.306 e. The third kappa shape index (κ3) is 4.85. The normalized spacial score (nSPS) is 21.5. The maximum atomic E-state index is 12.0. The summed E-state index contributed by atoms with van der Waals surface area (Å²) in [7, 11) is 0. The van der Waals surface area contributed by atoms with Crippen LogP contribution in [0.4, 0.5) is 0 Å². The molecule has 0 aliphatic heterocycles. The molecule has 21 heavy (non-hydrogen) atoms. The lowest BCUT2D eigenvalue weighted by Gasteiger charge is -2.21. The van der Waals surface area contributed by atoms with Gasteiger partial charge in [-0.05, 0) is 25.8 Å². The molecule has 1 aliphatic carbocycles. The van der Waals surface area contributed by atoms with Crippen LogP contribution in [0.5, 0.6) is 0 Å². The number of ketones is 1. The number of hydrogen-bond donors (Lipinski definition) is 0. The SMILES string of the molecule is C/C=C/C1=CC(=O)C(OC(=O)CCC)C1OC(=O)CCC. The fourth-order valence-electron chi connectivity index (χ4n) is 2.05. The van der Waals surface area contributed by atoms with E-state index < -0.39 is 24.1 Å². The van der Waals surface area contributed by atoms with Crippen molar-refractivity contribution in [1.29, 1.82) is 0 Å². The first kappa shape index (κ1) is 17.1. The number of hydrogen-bond acceptors (Lipinski definition) is 5. The second-order valence-corrected chi connectivity index (χ2v) is 4.87. The van der Waals surface area contributed by atoms with Gasteiger partial charge in [-0.3, -0.25) is 14.4 Å². The standard InChI is InChI=1S/C16H22O5/c1-4-7-11-10-12(17)16(21-14(19)9-6-3)15(11)20-13(18)8-5-2/h4,7,10,15-16H,5-6,8-9H2,1-3H3/b7-4+. The maximum absolute atomic E-state index is 12.0. The quantitative estimate of drug-likeness (QED) is 0.675. The molecule has 1 rings (SSSR count). The monoisotopic (exact) mass is 294 g/mol. The van der Waals surface area contributed by atoms with Crippen LogP contribution in [0.2, 0.25) is 0 Å².